The molecule has 2 aromatic carbocycles. The van der Waals surface area contributed by atoms with Crippen LogP contribution in [0.15, 0.2) is 41.3 Å². The van der Waals surface area contributed by atoms with Gasteiger partial charge in [0.15, 0.2) is 0 Å². The first-order valence-electron chi connectivity index (χ1n) is 6.99. The second-order valence-electron chi connectivity index (χ2n) is 5.45. The van der Waals surface area contributed by atoms with E-state index in [-0.39, 0.29) is 17.8 Å². The molecule has 3 rings (SSSR count). The highest BCUT2D eigenvalue weighted by Gasteiger charge is 2.33. The summed E-state index contributed by atoms with van der Waals surface area (Å²) in [7, 11) is -3.36. The minimum Gasteiger partial charge on any atom is -0.478 e. The fourth-order valence-corrected chi connectivity index (χ4v) is 4.51. The molecule has 0 atom stereocenters. The van der Waals surface area contributed by atoms with E-state index < -0.39 is 22.6 Å². The SMILES string of the molecule is Cc1ccc2c(c1)CCN(c1ccc(C(=O)O)cc1F)S2(O)O. The molecule has 0 aliphatic carbocycles. The zero-order valence-electron chi connectivity index (χ0n) is 12.4. The highest BCUT2D eigenvalue weighted by atomic mass is 32.3. The fourth-order valence-electron chi connectivity index (χ4n) is 2.74. The Bertz CT molecular complexity index is 794. The van der Waals surface area contributed by atoms with Gasteiger partial charge >= 0.3 is 5.97 Å². The first kappa shape index (κ1) is 15.8. The molecule has 122 valence electrons. The van der Waals surface area contributed by atoms with E-state index in [0.717, 1.165) is 17.2 Å². The van der Waals surface area contributed by atoms with Crippen LogP contribution >= 0.6 is 10.8 Å². The van der Waals surface area contributed by atoms with E-state index in [2.05, 4.69) is 0 Å². The second-order valence-corrected chi connectivity index (χ2v) is 7.37. The van der Waals surface area contributed by atoms with Gasteiger partial charge in [-0.05, 0) is 43.2 Å². The third-order valence-corrected chi connectivity index (χ3v) is 5.85. The van der Waals surface area contributed by atoms with Crippen molar-refractivity contribution in [1.29, 1.82) is 0 Å². The molecule has 0 unspecified atom stereocenters. The standard InChI is InChI=1S/C16H16FNO4S/c1-10-2-5-15-11(8-10)6-7-18(23(15,21)22)14-4-3-12(16(19)20)9-13(14)17/h2-5,8-9,21-22H,6-7H2,1H3,(H,19,20). The summed E-state index contributed by atoms with van der Waals surface area (Å²) in [6.45, 7) is 2.16. The molecular formula is C16H16FNO4S. The minimum atomic E-state index is -3.36. The number of halogens is 1. The Morgan fingerprint density at radius 1 is 1.22 bits per heavy atom. The molecule has 1 aliphatic heterocycles. The van der Waals surface area contributed by atoms with Crippen LogP contribution in [0.3, 0.4) is 0 Å². The van der Waals surface area contributed by atoms with E-state index in [1.54, 1.807) is 12.1 Å². The van der Waals surface area contributed by atoms with Crippen LogP contribution < -0.4 is 4.31 Å². The molecule has 0 saturated heterocycles. The summed E-state index contributed by atoms with van der Waals surface area (Å²) in [5.41, 5.74) is 1.66. The Morgan fingerprint density at radius 2 is 1.96 bits per heavy atom. The normalized spacial score (nSPS) is 17.5. The molecule has 0 amide bonds. The smallest absolute Gasteiger partial charge is 0.335 e. The molecule has 0 radical (unpaired) electrons. The molecule has 0 spiro atoms. The molecule has 5 nitrogen and oxygen atoms in total. The number of aromatic carboxylic acids is 1. The van der Waals surface area contributed by atoms with Crippen molar-refractivity contribution < 1.29 is 23.4 Å². The van der Waals surface area contributed by atoms with Gasteiger partial charge in [0.2, 0.25) is 0 Å². The molecule has 23 heavy (non-hydrogen) atoms. The number of nitrogens with zero attached hydrogens (tertiary/aromatic N) is 1. The first-order chi connectivity index (χ1) is 10.8. The summed E-state index contributed by atoms with van der Waals surface area (Å²) in [6, 6.07) is 8.73. The quantitative estimate of drug-likeness (QED) is 0.774. The molecule has 2 aromatic rings. The van der Waals surface area contributed by atoms with Crippen molar-refractivity contribution in [3.8, 4) is 0 Å². The van der Waals surface area contributed by atoms with E-state index in [9.17, 15) is 18.3 Å². The largest absolute Gasteiger partial charge is 0.478 e. The monoisotopic (exact) mass is 337 g/mol. The number of carboxylic acid groups (broad SMARTS) is 1. The lowest BCUT2D eigenvalue weighted by atomic mass is 10.1. The number of hydrogen-bond acceptors (Lipinski definition) is 4. The maximum atomic E-state index is 14.3. The van der Waals surface area contributed by atoms with Gasteiger partial charge in [-0.25, -0.2) is 9.18 Å². The highest BCUT2D eigenvalue weighted by Crippen LogP contribution is 2.57. The molecule has 7 heteroatoms. The third kappa shape index (κ3) is 2.67. The maximum Gasteiger partial charge on any atom is 0.335 e. The van der Waals surface area contributed by atoms with Crippen LogP contribution in [0.4, 0.5) is 10.1 Å². The van der Waals surface area contributed by atoms with Gasteiger partial charge < -0.3 is 5.11 Å². The highest BCUT2D eigenvalue weighted by molar-refractivity contribution is 8.25. The lowest BCUT2D eigenvalue weighted by molar-refractivity contribution is 0.0696. The number of hydrogen-bond donors (Lipinski definition) is 3. The Hall–Kier alpha value is -2.09. The van der Waals surface area contributed by atoms with Crippen LogP contribution in [-0.4, -0.2) is 26.7 Å². The third-order valence-electron chi connectivity index (χ3n) is 3.87. The Morgan fingerprint density at radius 3 is 2.61 bits per heavy atom. The Balaban J connectivity index is 2.05. The van der Waals surface area contributed by atoms with Crippen molar-refractivity contribution in [3.05, 3.63) is 58.9 Å². The molecule has 0 aromatic heterocycles. The summed E-state index contributed by atoms with van der Waals surface area (Å²) in [5.74, 6) is -2.03. The molecule has 3 N–H and O–H groups in total. The van der Waals surface area contributed by atoms with Crippen molar-refractivity contribution in [1.82, 2.24) is 0 Å². The van der Waals surface area contributed by atoms with E-state index in [1.807, 2.05) is 13.0 Å². The lowest BCUT2D eigenvalue weighted by Crippen LogP contribution is -2.34. The average Bonchev–Trinajstić information content (AvgIpc) is 2.47. The number of carbonyl (C=O) groups is 1. The number of benzene rings is 2. The predicted octanol–water partition coefficient (Wildman–Crippen LogP) is 3.92. The van der Waals surface area contributed by atoms with Gasteiger partial charge in [-0.1, -0.05) is 28.5 Å². The number of carboxylic acids is 1. The van der Waals surface area contributed by atoms with Crippen LogP contribution in [0.25, 0.3) is 0 Å². The van der Waals surface area contributed by atoms with Gasteiger partial charge in [0.1, 0.15) is 5.82 Å². The van der Waals surface area contributed by atoms with Gasteiger partial charge in [0, 0.05) is 6.54 Å². The molecule has 1 aliphatic rings. The van der Waals surface area contributed by atoms with Crippen LogP contribution in [0.2, 0.25) is 0 Å². The summed E-state index contributed by atoms with van der Waals surface area (Å²) in [4.78, 5) is 11.3. The zero-order chi connectivity index (χ0) is 16.8. The van der Waals surface area contributed by atoms with Crippen molar-refractivity contribution in [2.45, 2.75) is 18.2 Å². The summed E-state index contributed by atoms with van der Waals surface area (Å²) < 4.78 is 36.7. The topological polar surface area (TPSA) is 81.0 Å². The molecule has 0 saturated carbocycles. The fraction of sp³-hybridized carbons (Fsp3) is 0.188. The van der Waals surface area contributed by atoms with E-state index in [4.69, 9.17) is 5.11 Å². The van der Waals surface area contributed by atoms with Crippen molar-refractivity contribution in [3.63, 3.8) is 0 Å². The van der Waals surface area contributed by atoms with Gasteiger partial charge in [-0.2, -0.15) is 0 Å². The number of fused-ring (bicyclic) bond motifs is 1. The van der Waals surface area contributed by atoms with E-state index in [1.165, 1.54) is 16.4 Å². The van der Waals surface area contributed by atoms with Crippen LogP contribution in [-0.2, 0) is 6.42 Å². The summed E-state index contributed by atoms with van der Waals surface area (Å²) in [6.07, 6.45) is 0.549. The summed E-state index contributed by atoms with van der Waals surface area (Å²) >= 11 is 0. The molecule has 0 bridgehead atoms. The molecular weight excluding hydrogens is 321 g/mol. The predicted molar refractivity (Wildman–Crippen MR) is 86.7 cm³/mol. The Labute approximate surface area is 134 Å². The summed E-state index contributed by atoms with van der Waals surface area (Å²) in [5, 5.41) is 8.90. The van der Waals surface area contributed by atoms with Gasteiger partial charge in [-0.15, -0.1) is 0 Å². The first-order valence-corrected chi connectivity index (χ1v) is 8.49. The maximum absolute atomic E-state index is 14.3. The number of aryl methyl sites for hydroxylation is 1. The zero-order valence-corrected chi connectivity index (χ0v) is 13.2. The van der Waals surface area contributed by atoms with Crippen molar-refractivity contribution >= 4 is 22.4 Å². The van der Waals surface area contributed by atoms with E-state index in [0.29, 0.717) is 11.3 Å². The van der Waals surface area contributed by atoms with Gasteiger partial charge in [-0.3, -0.25) is 13.4 Å². The van der Waals surface area contributed by atoms with E-state index >= 15 is 0 Å². The number of anilines is 1. The Kier molecular flexibility index (Phi) is 3.79. The van der Waals surface area contributed by atoms with Gasteiger partial charge in [0.25, 0.3) is 0 Å². The average molecular weight is 337 g/mol. The second kappa shape index (κ2) is 5.52. The van der Waals surface area contributed by atoms with Crippen molar-refractivity contribution in [2.75, 3.05) is 10.8 Å². The molecule has 1 heterocycles. The van der Waals surface area contributed by atoms with Crippen LogP contribution in [0, 0.1) is 12.7 Å². The van der Waals surface area contributed by atoms with Crippen LogP contribution in [0.1, 0.15) is 21.5 Å². The molecule has 0 fully saturated rings. The lowest BCUT2D eigenvalue weighted by Gasteiger charge is -2.48. The van der Waals surface area contributed by atoms with Crippen LogP contribution in [0.5, 0.6) is 0 Å². The van der Waals surface area contributed by atoms with Crippen molar-refractivity contribution in [2.24, 2.45) is 0 Å². The minimum absolute atomic E-state index is 0.0128. The number of rotatable bonds is 2. The van der Waals surface area contributed by atoms with Gasteiger partial charge in [0.05, 0.1) is 16.1 Å².